The van der Waals surface area contributed by atoms with Crippen molar-refractivity contribution in [2.75, 3.05) is 18.1 Å². The maximum Gasteiger partial charge on any atom is 0.397 e. The summed E-state index contributed by atoms with van der Waals surface area (Å²) in [7, 11) is 0. The van der Waals surface area contributed by atoms with Crippen LogP contribution in [-0.4, -0.2) is 69.0 Å². The number of carbonyl (C=O) groups is 1. The van der Waals surface area contributed by atoms with E-state index in [9.17, 15) is 31.1 Å². The van der Waals surface area contributed by atoms with Crippen LogP contribution in [0.5, 0.6) is 0 Å². The molecule has 0 amide bonds. The van der Waals surface area contributed by atoms with E-state index in [1.807, 2.05) is 0 Å². The second kappa shape index (κ2) is 6.87. The molecule has 0 N–H and O–H groups in total. The lowest BCUT2D eigenvalue weighted by atomic mass is 9.71. The molecule has 2 bridgehead atoms. The molecule has 3 aliphatic heterocycles. The van der Waals surface area contributed by atoms with E-state index in [1.165, 1.54) is 0 Å². The Hall–Kier alpha value is -0.290. The summed E-state index contributed by atoms with van der Waals surface area (Å²) in [6, 6.07) is -0.391. The summed E-state index contributed by atoms with van der Waals surface area (Å²) in [6.45, 7) is 0.692. The van der Waals surface area contributed by atoms with E-state index in [1.54, 1.807) is 0 Å². The monoisotopic (exact) mass is 449 g/mol. The summed E-state index contributed by atoms with van der Waals surface area (Å²) in [5.74, 6) is -2.68. The van der Waals surface area contributed by atoms with Crippen molar-refractivity contribution in [3.63, 3.8) is 0 Å². The van der Waals surface area contributed by atoms with Gasteiger partial charge in [0.1, 0.15) is 5.60 Å². The number of carbonyl (C=O) groups excluding carboxylic acids is 1. The highest BCUT2D eigenvalue weighted by molar-refractivity contribution is 8.01. The highest BCUT2D eigenvalue weighted by atomic mass is 32.2. The lowest BCUT2D eigenvalue weighted by molar-refractivity contribution is -0.152. The molecule has 4 rings (SSSR count). The number of halogens is 6. The van der Waals surface area contributed by atoms with Gasteiger partial charge in [-0.1, -0.05) is 6.42 Å². The van der Waals surface area contributed by atoms with E-state index in [0.29, 0.717) is 31.1 Å². The summed E-state index contributed by atoms with van der Waals surface area (Å²) >= 11 is 1.45. The van der Waals surface area contributed by atoms with Gasteiger partial charge in [-0.25, -0.2) is 0 Å². The zero-order chi connectivity index (χ0) is 20.4. The fraction of sp³-hybridized carbons (Fsp3) is 0.941. The zero-order valence-electron chi connectivity index (χ0n) is 14.9. The Kier molecular flexibility index (Phi) is 5.14. The van der Waals surface area contributed by atoms with Gasteiger partial charge in [-0.15, -0.1) is 23.5 Å². The molecule has 0 radical (unpaired) electrons. The molecule has 4 aliphatic rings. The Morgan fingerprint density at radius 2 is 1.79 bits per heavy atom. The highest BCUT2D eigenvalue weighted by Crippen LogP contribution is 2.65. The number of nitrogens with zero attached hydrogens (tertiary/aromatic N) is 1. The van der Waals surface area contributed by atoms with E-state index >= 15 is 0 Å². The number of esters is 1. The van der Waals surface area contributed by atoms with Crippen molar-refractivity contribution in [1.29, 1.82) is 0 Å². The molecule has 3 saturated heterocycles. The minimum Gasteiger partial charge on any atom is -0.456 e. The van der Waals surface area contributed by atoms with Gasteiger partial charge in [-0.3, -0.25) is 9.69 Å². The molecule has 1 aliphatic carbocycles. The largest absolute Gasteiger partial charge is 0.456 e. The summed E-state index contributed by atoms with van der Waals surface area (Å²) in [4.78, 5) is 14.4. The average Bonchev–Trinajstić information content (AvgIpc) is 3.04. The Balaban J connectivity index is 1.68. The van der Waals surface area contributed by atoms with Gasteiger partial charge < -0.3 is 4.74 Å². The molecule has 4 fully saturated rings. The predicted octanol–water partition coefficient (Wildman–Crippen LogP) is 4.40. The molecule has 160 valence electrons. The van der Waals surface area contributed by atoms with E-state index in [4.69, 9.17) is 4.74 Å². The van der Waals surface area contributed by atoms with Gasteiger partial charge in [0.15, 0.2) is 0 Å². The first-order chi connectivity index (χ1) is 12.9. The fourth-order valence-corrected chi connectivity index (χ4v) is 8.45. The van der Waals surface area contributed by atoms with Gasteiger partial charge in [0, 0.05) is 17.7 Å². The third-order valence-electron chi connectivity index (χ3n) is 6.45. The topological polar surface area (TPSA) is 29.5 Å². The molecule has 0 aromatic carbocycles. The number of fused-ring (bicyclic) bond motifs is 3. The Bertz CT molecular complexity index is 644. The third kappa shape index (κ3) is 3.53. The van der Waals surface area contributed by atoms with Crippen LogP contribution >= 0.6 is 23.5 Å². The maximum absolute atomic E-state index is 13.0. The minimum absolute atomic E-state index is 0.137. The fourth-order valence-electron chi connectivity index (χ4n) is 5.60. The number of alkyl halides is 6. The molecular weight excluding hydrogens is 428 g/mol. The molecule has 3 nitrogen and oxygen atoms in total. The number of hydrogen-bond acceptors (Lipinski definition) is 5. The van der Waals surface area contributed by atoms with Crippen molar-refractivity contribution in [1.82, 2.24) is 4.90 Å². The van der Waals surface area contributed by atoms with Crippen molar-refractivity contribution < 1.29 is 35.9 Å². The average molecular weight is 449 g/mol. The molecule has 11 heteroatoms. The van der Waals surface area contributed by atoms with Gasteiger partial charge >= 0.3 is 18.3 Å². The van der Waals surface area contributed by atoms with Crippen LogP contribution in [0.25, 0.3) is 0 Å². The van der Waals surface area contributed by atoms with Crippen molar-refractivity contribution >= 4 is 29.5 Å². The quantitative estimate of drug-likeness (QED) is 0.469. The molecular formula is C17H21F6NO2S2. The third-order valence-corrected chi connectivity index (χ3v) is 9.53. The van der Waals surface area contributed by atoms with E-state index in [-0.39, 0.29) is 24.9 Å². The first-order valence-corrected chi connectivity index (χ1v) is 11.3. The SMILES string of the molecule is O=C1CC2(SCC(F)(F)F)CC(SCC(F)(F)F)[C@@H]3C[C@@]2(O1)[C@H]1CCCCN31. The van der Waals surface area contributed by atoms with Crippen molar-refractivity contribution in [3.05, 3.63) is 0 Å². The zero-order valence-corrected chi connectivity index (χ0v) is 16.6. The van der Waals surface area contributed by atoms with Gasteiger partial charge in [-0.05, 0) is 25.8 Å². The van der Waals surface area contributed by atoms with Crippen LogP contribution in [0, 0.1) is 0 Å². The summed E-state index contributed by atoms with van der Waals surface area (Å²) in [5, 5.41) is -0.465. The normalized spacial score (nSPS) is 40.9. The molecule has 1 spiro atoms. The molecule has 0 aromatic heterocycles. The van der Waals surface area contributed by atoms with Gasteiger partial charge in [0.05, 0.1) is 28.7 Å². The van der Waals surface area contributed by atoms with Gasteiger partial charge in [-0.2, -0.15) is 26.3 Å². The minimum atomic E-state index is -4.41. The first kappa shape index (κ1) is 21.0. The molecule has 5 atom stereocenters. The standard InChI is InChI=1S/C17H21F6NO2S2/c18-16(19,20)8-27-11-6-14(28-9-17(21,22)23)7-13(25)26-15(14)5-10(11)24-4-2-1-3-12(15)24/h10-12H,1-9H2/t10-,11?,12+,14?,15+/m0/s1. The second-order valence-corrected chi connectivity index (χ2v) is 10.7. The van der Waals surface area contributed by atoms with Gasteiger partial charge in [0.2, 0.25) is 0 Å². The first-order valence-electron chi connectivity index (χ1n) is 9.31. The summed E-state index contributed by atoms with van der Waals surface area (Å²) in [6.07, 6.45) is -5.95. The van der Waals surface area contributed by atoms with E-state index < -0.39 is 45.4 Å². The molecule has 28 heavy (non-hydrogen) atoms. The Labute approximate surface area is 167 Å². The van der Waals surface area contributed by atoms with Crippen molar-refractivity contribution in [2.24, 2.45) is 0 Å². The van der Waals surface area contributed by atoms with Crippen LogP contribution in [0.4, 0.5) is 26.3 Å². The van der Waals surface area contributed by atoms with Crippen LogP contribution < -0.4 is 0 Å². The summed E-state index contributed by atoms with van der Waals surface area (Å²) < 4.78 is 82.3. The number of piperidine rings is 1. The smallest absolute Gasteiger partial charge is 0.397 e. The highest BCUT2D eigenvalue weighted by Gasteiger charge is 2.74. The Morgan fingerprint density at radius 1 is 1.07 bits per heavy atom. The number of rotatable bonds is 4. The lowest BCUT2D eigenvalue weighted by Gasteiger charge is -2.48. The van der Waals surface area contributed by atoms with Crippen molar-refractivity contribution in [3.8, 4) is 0 Å². The number of hydrogen-bond donors (Lipinski definition) is 0. The van der Waals surface area contributed by atoms with Crippen LogP contribution in [0.3, 0.4) is 0 Å². The molecule has 1 saturated carbocycles. The number of thioether (sulfide) groups is 2. The molecule has 3 heterocycles. The number of ether oxygens (including phenoxy) is 1. The lowest BCUT2D eigenvalue weighted by Crippen LogP contribution is -2.59. The van der Waals surface area contributed by atoms with Crippen LogP contribution in [-0.2, 0) is 9.53 Å². The van der Waals surface area contributed by atoms with Crippen LogP contribution in [0.1, 0.15) is 38.5 Å². The predicted molar refractivity (Wildman–Crippen MR) is 94.4 cm³/mol. The summed E-state index contributed by atoms with van der Waals surface area (Å²) in [5.41, 5.74) is -1.01. The van der Waals surface area contributed by atoms with Crippen LogP contribution in [0.15, 0.2) is 0 Å². The van der Waals surface area contributed by atoms with Crippen molar-refractivity contribution in [2.45, 2.75) is 78.6 Å². The maximum atomic E-state index is 13.0. The molecule has 2 unspecified atom stereocenters. The van der Waals surface area contributed by atoms with Crippen LogP contribution in [0.2, 0.25) is 0 Å². The Morgan fingerprint density at radius 3 is 2.46 bits per heavy atom. The molecule has 0 aromatic rings. The van der Waals surface area contributed by atoms with E-state index in [2.05, 4.69) is 4.90 Å². The van der Waals surface area contributed by atoms with E-state index in [0.717, 1.165) is 24.6 Å². The van der Waals surface area contributed by atoms with Gasteiger partial charge in [0.25, 0.3) is 0 Å². The second-order valence-electron chi connectivity index (χ2n) is 8.13.